The molecule has 2 amide bonds. The highest BCUT2D eigenvalue weighted by Gasteiger charge is 2.40. The number of H-pyrrole nitrogens is 1. The molecule has 0 aliphatic heterocycles. The number of urea groups is 1. The number of alkyl halides is 2. The van der Waals surface area contributed by atoms with Crippen molar-refractivity contribution in [2.45, 2.75) is 38.5 Å². The predicted octanol–water partition coefficient (Wildman–Crippen LogP) is 4.51. The summed E-state index contributed by atoms with van der Waals surface area (Å²) < 4.78 is 26.5. The molecule has 0 bridgehead atoms. The van der Waals surface area contributed by atoms with Gasteiger partial charge in [-0.1, -0.05) is 6.92 Å². The number of rotatable bonds is 3. The lowest BCUT2D eigenvalue weighted by Crippen LogP contribution is -2.42. The van der Waals surface area contributed by atoms with Crippen molar-refractivity contribution in [2.75, 3.05) is 11.9 Å². The number of carbonyl (C=O) groups excluding carboxylic acids is 1. The molecule has 1 aliphatic rings. The van der Waals surface area contributed by atoms with Gasteiger partial charge in [-0.25, -0.2) is 13.6 Å². The van der Waals surface area contributed by atoms with E-state index in [-0.39, 0.29) is 24.3 Å². The Kier molecular flexibility index (Phi) is 4.00. The summed E-state index contributed by atoms with van der Waals surface area (Å²) in [5.74, 6) is -2.55. The van der Waals surface area contributed by atoms with Gasteiger partial charge in [-0.05, 0) is 42.5 Å². The molecule has 3 rings (SSSR count). The summed E-state index contributed by atoms with van der Waals surface area (Å²) in [7, 11) is 0. The summed E-state index contributed by atoms with van der Waals surface area (Å²) in [6.07, 6.45) is 2.49. The van der Waals surface area contributed by atoms with E-state index in [2.05, 4.69) is 15.6 Å². The van der Waals surface area contributed by atoms with E-state index in [1.54, 1.807) is 0 Å². The molecular weight excluding hydrogens is 300 g/mol. The monoisotopic (exact) mass is 321 g/mol. The third kappa shape index (κ3) is 3.81. The van der Waals surface area contributed by atoms with Crippen molar-refractivity contribution in [3.8, 4) is 0 Å². The number of fused-ring (bicyclic) bond motifs is 1. The first-order valence-electron chi connectivity index (χ1n) is 7.85. The van der Waals surface area contributed by atoms with Gasteiger partial charge in [0.1, 0.15) is 0 Å². The van der Waals surface area contributed by atoms with Crippen LogP contribution in [0.3, 0.4) is 0 Å². The van der Waals surface area contributed by atoms with Gasteiger partial charge in [0.15, 0.2) is 0 Å². The van der Waals surface area contributed by atoms with Crippen LogP contribution in [-0.2, 0) is 0 Å². The Morgan fingerprint density at radius 2 is 1.96 bits per heavy atom. The third-order valence-electron chi connectivity index (χ3n) is 4.68. The van der Waals surface area contributed by atoms with Gasteiger partial charge in [-0.15, -0.1) is 0 Å². The largest absolute Gasteiger partial charge is 0.361 e. The molecular formula is C17H21F2N3O. The fraction of sp³-hybridized carbons (Fsp3) is 0.471. The number of carbonyl (C=O) groups is 1. The minimum Gasteiger partial charge on any atom is -0.361 e. The van der Waals surface area contributed by atoms with Crippen LogP contribution in [0.2, 0.25) is 0 Å². The maximum atomic E-state index is 13.2. The predicted molar refractivity (Wildman–Crippen MR) is 86.8 cm³/mol. The normalized spacial score (nSPS) is 19.4. The maximum Gasteiger partial charge on any atom is 0.319 e. The highest BCUT2D eigenvalue weighted by molar-refractivity contribution is 5.92. The van der Waals surface area contributed by atoms with Crippen LogP contribution in [0.1, 0.15) is 32.6 Å². The molecule has 4 nitrogen and oxygen atoms in total. The number of aromatic nitrogens is 1. The average Bonchev–Trinajstić information content (AvgIpc) is 2.97. The van der Waals surface area contributed by atoms with Crippen molar-refractivity contribution < 1.29 is 13.6 Å². The van der Waals surface area contributed by atoms with E-state index < -0.39 is 5.92 Å². The molecule has 2 aromatic rings. The highest BCUT2D eigenvalue weighted by Crippen LogP contribution is 2.42. The molecule has 1 saturated carbocycles. The third-order valence-corrected chi connectivity index (χ3v) is 4.68. The lowest BCUT2D eigenvalue weighted by atomic mass is 9.74. The highest BCUT2D eigenvalue weighted by atomic mass is 19.3. The number of anilines is 1. The summed E-state index contributed by atoms with van der Waals surface area (Å²) in [6.45, 7) is 2.36. The van der Waals surface area contributed by atoms with Gasteiger partial charge < -0.3 is 15.6 Å². The summed E-state index contributed by atoms with van der Waals surface area (Å²) in [5, 5.41) is 6.61. The van der Waals surface area contributed by atoms with Crippen molar-refractivity contribution in [3.63, 3.8) is 0 Å². The molecule has 1 aliphatic carbocycles. The van der Waals surface area contributed by atoms with Gasteiger partial charge in [0.25, 0.3) is 0 Å². The molecule has 23 heavy (non-hydrogen) atoms. The van der Waals surface area contributed by atoms with Crippen LogP contribution in [0.5, 0.6) is 0 Å². The van der Waals surface area contributed by atoms with E-state index >= 15 is 0 Å². The zero-order chi connectivity index (χ0) is 16.5. The standard InChI is InChI=1S/C17H21F2N3O/c1-16(5-7-17(18,19)8-6-16)11-21-15(23)22-13-2-3-14-12(10-13)4-9-20-14/h2-4,9-10,20H,5-8,11H2,1H3,(H2,21,22,23). The zero-order valence-corrected chi connectivity index (χ0v) is 13.1. The summed E-state index contributed by atoms with van der Waals surface area (Å²) in [5.41, 5.74) is 1.45. The molecule has 0 unspecified atom stereocenters. The zero-order valence-electron chi connectivity index (χ0n) is 13.1. The van der Waals surface area contributed by atoms with E-state index in [0.717, 1.165) is 10.9 Å². The van der Waals surface area contributed by atoms with E-state index in [0.29, 0.717) is 25.1 Å². The van der Waals surface area contributed by atoms with E-state index in [1.165, 1.54) is 0 Å². The Bertz CT molecular complexity index is 701. The maximum absolute atomic E-state index is 13.2. The Hall–Kier alpha value is -2.11. The van der Waals surface area contributed by atoms with Crippen molar-refractivity contribution in [3.05, 3.63) is 30.5 Å². The molecule has 1 aromatic carbocycles. The summed E-state index contributed by atoms with van der Waals surface area (Å²) in [4.78, 5) is 15.1. The minimum absolute atomic E-state index is 0.100. The average molecular weight is 321 g/mol. The fourth-order valence-corrected chi connectivity index (χ4v) is 3.00. The molecule has 0 spiro atoms. The van der Waals surface area contributed by atoms with E-state index in [9.17, 15) is 13.6 Å². The van der Waals surface area contributed by atoms with Crippen LogP contribution in [0, 0.1) is 5.41 Å². The topological polar surface area (TPSA) is 56.9 Å². The molecule has 3 N–H and O–H groups in total. The Morgan fingerprint density at radius 3 is 2.70 bits per heavy atom. The van der Waals surface area contributed by atoms with E-state index in [1.807, 2.05) is 37.4 Å². The van der Waals surface area contributed by atoms with Crippen molar-refractivity contribution in [2.24, 2.45) is 5.41 Å². The van der Waals surface area contributed by atoms with E-state index in [4.69, 9.17) is 0 Å². The Labute approximate surface area is 133 Å². The van der Waals surface area contributed by atoms with Crippen LogP contribution in [-0.4, -0.2) is 23.5 Å². The fourth-order valence-electron chi connectivity index (χ4n) is 3.00. The van der Waals surface area contributed by atoms with Crippen LogP contribution < -0.4 is 10.6 Å². The number of nitrogens with one attached hydrogen (secondary N) is 3. The molecule has 124 valence electrons. The molecule has 6 heteroatoms. The number of amides is 2. The first-order chi connectivity index (χ1) is 10.9. The summed E-state index contributed by atoms with van der Waals surface area (Å²) in [6, 6.07) is 7.23. The van der Waals surface area contributed by atoms with Gasteiger partial charge in [0.05, 0.1) is 0 Å². The second kappa shape index (κ2) is 5.83. The quantitative estimate of drug-likeness (QED) is 0.765. The van der Waals surface area contributed by atoms with Crippen molar-refractivity contribution >= 4 is 22.6 Å². The second-order valence-corrected chi connectivity index (χ2v) is 6.75. The van der Waals surface area contributed by atoms with Crippen LogP contribution in [0.15, 0.2) is 30.5 Å². The van der Waals surface area contributed by atoms with Crippen molar-refractivity contribution in [1.82, 2.24) is 10.3 Å². The van der Waals surface area contributed by atoms with Gasteiger partial charge in [0, 0.05) is 42.2 Å². The van der Waals surface area contributed by atoms with Crippen LogP contribution in [0.25, 0.3) is 10.9 Å². The number of hydrogen-bond donors (Lipinski definition) is 3. The molecule has 1 fully saturated rings. The van der Waals surface area contributed by atoms with Crippen LogP contribution in [0.4, 0.5) is 19.3 Å². The lowest BCUT2D eigenvalue weighted by Gasteiger charge is -2.37. The molecule has 1 aromatic heterocycles. The minimum atomic E-state index is -2.55. The Balaban J connectivity index is 1.53. The van der Waals surface area contributed by atoms with Gasteiger partial charge in [-0.2, -0.15) is 0 Å². The number of benzene rings is 1. The molecule has 0 atom stereocenters. The SMILES string of the molecule is CC1(CNC(=O)Nc2ccc3[nH]ccc3c2)CCC(F)(F)CC1. The second-order valence-electron chi connectivity index (χ2n) is 6.75. The first kappa shape index (κ1) is 15.8. The molecule has 1 heterocycles. The van der Waals surface area contributed by atoms with Gasteiger partial charge in [-0.3, -0.25) is 0 Å². The lowest BCUT2D eigenvalue weighted by molar-refractivity contribution is -0.0624. The number of halogens is 2. The van der Waals surface area contributed by atoms with Crippen molar-refractivity contribution in [1.29, 1.82) is 0 Å². The molecule has 0 saturated heterocycles. The smallest absolute Gasteiger partial charge is 0.319 e. The van der Waals surface area contributed by atoms with Gasteiger partial charge >= 0.3 is 6.03 Å². The first-order valence-corrected chi connectivity index (χ1v) is 7.85. The summed E-state index contributed by atoms with van der Waals surface area (Å²) >= 11 is 0. The number of aromatic amines is 1. The Morgan fingerprint density at radius 1 is 1.22 bits per heavy atom. The molecule has 0 radical (unpaired) electrons. The van der Waals surface area contributed by atoms with Crippen LogP contribution >= 0.6 is 0 Å². The number of hydrogen-bond acceptors (Lipinski definition) is 1. The van der Waals surface area contributed by atoms with Gasteiger partial charge in [0.2, 0.25) is 5.92 Å².